The van der Waals surface area contributed by atoms with Gasteiger partial charge in [0.1, 0.15) is 0 Å². The van der Waals surface area contributed by atoms with Gasteiger partial charge < -0.3 is 0 Å². The number of fused-ring (bicyclic) bond motifs is 1. The summed E-state index contributed by atoms with van der Waals surface area (Å²) >= 11 is 5.62. The molecular weight excluding hydrogens is 417 g/mol. The third-order valence-electron chi connectivity index (χ3n) is 4.69. The van der Waals surface area contributed by atoms with Crippen molar-refractivity contribution in [1.29, 1.82) is 0 Å². The summed E-state index contributed by atoms with van der Waals surface area (Å²) in [4.78, 5) is -0.454. The van der Waals surface area contributed by atoms with E-state index in [1.54, 1.807) is 28.8 Å². The molecule has 0 N–H and O–H groups in total. The highest BCUT2D eigenvalue weighted by molar-refractivity contribution is 7.89. The van der Waals surface area contributed by atoms with Gasteiger partial charge in [-0.3, -0.25) is 4.40 Å². The van der Waals surface area contributed by atoms with Gasteiger partial charge in [0.25, 0.3) is 0 Å². The van der Waals surface area contributed by atoms with Gasteiger partial charge in [0.15, 0.2) is 11.5 Å². The van der Waals surface area contributed by atoms with Gasteiger partial charge >= 0.3 is 6.18 Å². The second-order valence-corrected chi connectivity index (χ2v) is 8.70. The Balaban J connectivity index is 1.77. The van der Waals surface area contributed by atoms with Gasteiger partial charge in [-0.05, 0) is 43.2 Å². The number of alkyl halides is 3. The third kappa shape index (κ3) is 3.15. The van der Waals surface area contributed by atoms with Crippen LogP contribution in [0.3, 0.4) is 0 Å². The van der Waals surface area contributed by atoms with Crippen molar-refractivity contribution < 1.29 is 21.6 Å². The first-order chi connectivity index (χ1) is 13.2. The van der Waals surface area contributed by atoms with Crippen molar-refractivity contribution in [3.05, 3.63) is 59.0 Å². The molecule has 0 aliphatic carbocycles. The van der Waals surface area contributed by atoms with Crippen molar-refractivity contribution in [3.63, 3.8) is 0 Å². The molecule has 0 saturated carbocycles. The maximum Gasteiger partial charge on any atom is 0.417 e. The predicted octanol–water partition coefficient (Wildman–Crippen LogP) is 3.93. The lowest BCUT2D eigenvalue weighted by Crippen LogP contribution is -2.32. The van der Waals surface area contributed by atoms with E-state index in [9.17, 15) is 21.6 Å². The number of rotatable bonds is 3. The topological polar surface area (TPSA) is 67.6 Å². The Bertz CT molecular complexity index is 1150. The Labute approximate surface area is 163 Å². The molecule has 4 rings (SSSR count). The molecule has 0 bridgehead atoms. The zero-order valence-electron chi connectivity index (χ0n) is 14.3. The highest BCUT2D eigenvalue weighted by Gasteiger charge is 2.40. The van der Waals surface area contributed by atoms with Gasteiger partial charge in [-0.15, -0.1) is 10.2 Å². The van der Waals surface area contributed by atoms with Crippen LogP contribution in [0.15, 0.2) is 47.5 Å². The summed E-state index contributed by atoms with van der Waals surface area (Å²) in [5.74, 6) is 0.432. The minimum atomic E-state index is -4.75. The molecule has 1 aromatic carbocycles. The number of benzene rings is 1. The van der Waals surface area contributed by atoms with Crippen molar-refractivity contribution in [1.82, 2.24) is 18.9 Å². The van der Waals surface area contributed by atoms with Gasteiger partial charge in [-0.1, -0.05) is 17.7 Å². The second kappa shape index (κ2) is 6.71. The van der Waals surface area contributed by atoms with Crippen LogP contribution in [0, 0.1) is 0 Å². The molecule has 6 nitrogen and oxygen atoms in total. The lowest BCUT2D eigenvalue weighted by molar-refractivity contribution is -0.137. The maximum atomic E-state index is 13.2. The fourth-order valence-electron chi connectivity index (χ4n) is 3.39. The zero-order valence-corrected chi connectivity index (χ0v) is 15.8. The molecule has 28 heavy (non-hydrogen) atoms. The Kier molecular flexibility index (Phi) is 4.59. The fraction of sp³-hybridized carbons (Fsp3) is 0.294. The smallest absolute Gasteiger partial charge is 0.285 e. The van der Waals surface area contributed by atoms with E-state index < -0.39 is 37.7 Å². The van der Waals surface area contributed by atoms with Crippen LogP contribution in [0.4, 0.5) is 13.2 Å². The van der Waals surface area contributed by atoms with Crippen LogP contribution in [0.5, 0.6) is 0 Å². The van der Waals surface area contributed by atoms with Gasteiger partial charge in [0.2, 0.25) is 10.0 Å². The SMILES string of the molecule is O=S(=O)(c1ccc(Cl)c(C(F)(F)F)c1)N1CCCC1c1nnc2ccccn12. The van der Waals surface area contributed by atoms with Crippen LogP contribution >= 0.6 is 11.6 Å². The van der Waals surface area contributed by atoms with Crippen LogP contribution < -0.4 is 0 Å². The van der Waals surface area contributed by atoms with Crippen LogP contribution in [0.1, 0.15) is 30.3 Å². The molecule has 11 heteroatoms. The quantitative estimate of drug-likeness (QED) is 0.631. The molecular formula is C17H14ClF3N4O2S. The van der Waals surface area contributed by atoms with Crippen LogP contribution in [-0.2, 0) is 16.2 Å². The average Bonchev–Trinajstić information content (AvgIpc) is 3.27. The number of sulfonamides is 1. The summed E-state index contributed by atoms with van der Waals surface area (Å²) in [5, 5.41) is 7.60. The van der Waals surface area contributed by atoms with Crippen LogP contribution in [-0.4, -0.2) is 33.9 Å². The standard InChI is InChI=1S/C17H14ClF3N4O2S/c18-13-7-6-11(10-12(13)17(19,20)21)28(26,27)25-9-3-4-14(25)16-23-22-15-5-1-2-8-24(15)16/h1-2,5-8,10,14H,3-4,9H2. The van der Waals surface area contributed by atoms with Crippen molar-refractivity contribution in [3.8, 4) is 0 Å². The van der Waals surface area contributed by atoms with E-state index in [0.29, 0.717) is 30.4 Å². The van der Waals surface area contributed by atoms with E-state index in [2.05, 4.69) is 10.2 Å². The molecule has 1 fully saturated rings. The number of hydrogen-bond donors (Lipinski definition) is 0. The molecule has 1 saturated heterocycles. The number of nitrogens with zero attached hydrogens (tertiary/aromatic N) is 4. The molecule has 1 atom stereocenters. The van der Waals surface area contributed by atoms with E-state index >= 15 is 0 Å². The minimum absolute atomic E-state index is 0.179. The Morgan fingerprint density at radius 3 is 2.68 bits per heavy atom. The molecule has 0 amide bonds. The normalized spacial score (nSPS) is 18.8. The average molecular weight is 431 g/mol. The van der Waals surface area contributed by atoms with E-state index in [1.807, 2.05) is 0 Å². The van der Waals surface area contributed by atoms with E-state index in [1.165, 1.54) is 4.31 Å². The maximum absolute atomic E-state index is 13.2. The van der Waals surface area contributed by atoms with Gasteiger partial charge in [-0.2, -0.15) is 17.5 Å². The lowest BCUT2D eigenvalue weighted by atomic mass is 10.2. The highest BCUT2D eigenvalue weighted by Crippen LogP contribution is 2.39. The number of pyridine rings is 1. The molecule has 3 aromatic rings. The highest BCUT2D eigenvalue weighted by atomic mass is 35.5. The number of aromatic nitrogens is 3. The third-order valence-corrected chi connectivity index (χ3v) is 6.93. The number of halogens is 4. The zero-order chi connectivity index (χ0) is 20.1. The molecule has 1 unspecified atom stereocenters. The summed E-state index contributed by atoms with van der Waals surface area (Å²) in [5.41, 5.74) is -0.619. The molecule has 2 aromatic heterocycles. The second-order valence-electron chi connectivity index (χ2n) is 6.40. The van der Waals surface area contributed by atoms with E-state index in [0.717, 1.165) is 12.1 Å². The Morgan fingerprint density at radius 1 is 1.14 bits per heavy atom. The summed E-state index contributed by atoms with van der Waals surface area (Å²) in [6.07, 6.45) is -1.98. The van der Waals surface area contributed by atoms with Crippen LogP contribution in [0.2, 0.25) is 5.02 Å². The molecule has 148 valence electrons. The monoisotopic (exact) mass is 430 g/mol. The van der Waals surface area contributed by atoms with Crippen molar-refractivity contribution in [2.75, 3.05) is 6.54 Å². The lowest BCUT2D eigenvalue weighted by Gasteiger charge is -2.23. The van der Waals surface area contributed by atoms with Crippen molar-refractivity contribution >= 4 is 27.3 Å². The molecule has 3 heterocycles. The first-order valence-corrected chi connectivity index (χ1v) is 10.2. The Morgan fingerprint density at radius 2 is 1.93 bits per heavy atom. The molecule has 0 radical (unpaired) electrons. The molecule has 1 aliphatic rings. The summed E-state index contributed by atoms with van der Waals surface area (Å²) in [6.45, 7) is 0.179. The van der Waals surface area contributed by atoms with Gasteiger partial charge in [0.05, 0.1) is 21.5 Å². The minimum Gasteiger partial charge on any atom is -0.285 e. The summed E-state index contributed by atoms with van der Waals surface area (Å²) < 4.78 is 68.6. The number of hydrogen-bond acceptors (Lipinski definition) is 4. The fourth-order valence-corrected chi connectivity index (χ4v) is 5.30. The predicted molar refractivity (Wildman–Crippen MR) is 95.3 cm³/mol. The molecule has 1 aliphatic heterocycles. The van der Waals surface area contributed by atoms with Crippen molar-refractivity contribution in [2.24, 2.45) is 0 Å². The van der Waals surface area contributed by atoms with Crippen LogP contribution in [0.25, 0.3) is 5.65 Å². The van der Waals surface area contributed by atoms with Gasteiger partial charge in [0, 0.05) is 12.7 Å². The summed E-state index contributed by atoms with van der Waals surface area (Å²) in [7, 11) is -4.19. The van der Waals surface area contributed by atoms with Crippen molar-refractivity contribution in [2.45, 2.75) is 30.0 Å². The summed E-state index contributed by atoms with van der Waals surface area (Å²) in [6, 6.07) is 7.28. The molecule has 0 spiro atoms. The first kappa shape index (κ1) is 19.2. The largest absolute Gasteiger partial charge is 0.417 e. The van der Waals surface area contributed by atoms with E-state index in [4.69, 9.17) is 11.6 Å². The van der Waals surface area contributed by atoms with Gasteiger partial charge in [-0.25, -0.2) is 8.42 Å². The van der Waals surface area contributed by atoms with E-state index in [-0.39, 0.29) is 6.54 Å². The first-order valence-electron chi connectivity index (χ1n) is 8.38. The Hall–Kier alpha value is -2.17.